The number of benzene rings is 1. The lowest BCUT2D eigenvalue weighted by Crippen LogP contribution is -2.15. The average molecular weight is 314 g/mol. The van der Waals surface area contributed by atoms with Gasteiger partial charge in [0.25, 0.3) is 0 Å². The van der Waals surface area contributed by atoms with Gasteiger partial charge in [-0.15, -0.1) is 11.3 Å². The standard InChI is InChI=1S/C16H14N2O3S/c1-9-10(2)22-16-17-15(12(8-19)18(9)16)11-3-4-13-14(7-11)21-6-5-20-13/h3-4,7-8H,5-6H2,1-2H3. The zero-order valence-corrected chi connectivity index (χ0v) is 13.1. The minimum absolute atomic E-state index is 0.535. The zero-order chi connectivity index (χ0) is 15.3. The van der Waals surface area contributed by atoms with Crippen molar-refractivity contribution in [2.75, 3.05) is 13.2 Å². The van der Waals surface area contributed by atoms with Crippen LogP contribution in [0.2, 0.25) is 0 Å². The molecule has 0 unspecified atom stereocenters. The minimum Gasteiger partial charge on any atom is -0.486 e. The number of rotatable bonds is 2. The van der Waals surface area contributed by atoms with Gasteiger partial charge in [-0.25, -0.2) is 4.98 Å². The summed E-state index contributed by atoms with van der Waals surface area (Å²) in [4.78, 5) is 18.3. The first-order chi connectivity index (χ1) is 10.7. The van der Waals surface area contributed by atoms with Crippen LogP contribution in [0.15, 0.2) is 18.2 Å². The number of aryl methyl sites for hydroxylation is 2. The number of ether oxygens (including phenoxy) is 2. The van der Waals surface area contributed by atoms with Crippen molar-refractivity contribution in [2.45, 2.75) is 13.8 Å². The third-order valence-corrected chi connectivity index (χ3v) is 4.96. The molecule has 0 saturated heterocycles. The highest BCUT2D eigenvalue weighted by Crippen LogP contribution is 2.36. The summed E-state index contributed by atoms with van der Waals surface area (Å²) in [5.41, 5.74) is 3.17. The summed E-state index contributed by atoms with van der Waals surface area (Å²) in [6.45, 7) is 5.13. The van der Waals surface area contributed by atoms with E-state index in [0.717, 1.165) is 28.3 Å². The Bertz CT molecular complexity index is 895. The Morgan fingerprint density at radius 1 is 1.23 bits per heavy atom. The number of aldehydes is 1. The molecule has 3 heterocycles. The van der Waals surface area contributed by atoms with Crippen LogP contribution >= 0.6 is 11.3 Å². The first kappa shape index (κ1) is 13.3. The highest BCUT2D eigenvalue weighted by atomic mass is 32.1. The van der Waals surface area contributed by atoms with Crippen LogP contribution in [0.3, 0.4) is 0 Å². The Morgan fingerprint density at radius 3 is 2.77 bits per heavy atom. The number of carbonyl (C=O) groups is 1. The van der Waals surface area contributed by atoms with Crippen LogP contribution in [-0.4, -0.2) is 28.9 Å². The first-order valence-electron chi connectivity index (χ1n) is 7.02. The highest BCUT2D eigenvalue weighted by molar-refractivity contribution is 7.17. The second-order valence-corrected chi connectivity index (χ2v) is 6.37. The summed E-state index contributed by atoms with van der Waals surface area (Å²) in [7, 11) is 0. The Morgan fingerprint density at radius 2 is 2.00 bits per heavy atom. The molecule has 0 radical (unpaired) electrons. The molecular weight excluding hydrogens is 300 g/mol. The molecule has 5 nitrogen and oxygen atoms in total. The maximum absolute atomic E-state index is 11.6. The molecule has 3 aromatic rings. The maximum atomic E-state index is 11.6. The average Bonchev–Trinajstić information content (AvgIpc) is 3.03. The minimum atomic E-state index is 0.535. The molecule has 0 aliphatic carbocycles. The van der Waals surface area contributed by atoms with Crippen LogP contribution in [-0.2, 0) is 0 Å². The van der Waals surface area contributed by atoms with Gasteiger partial charge in [0, 0.05) is 16.1 Å². The predicted octanol–water partition coefficient (Wildman–Crippen LogP) is 3.26. The van der Waals surface area contributed by atoms with Crippen molar-refractivity contribution < 1.29 is 14.3 Å². The third kappa shape index (κ3) is 1.84. The van der Waals surface area contributed by atoms with Crippen molar-refractivity contribution in [3.8, 4) is 22.8 Å². The van der Waals surface area contributed by atoms with Gasteiger partial charge in [0.2, 0.25) is 0 Å². The van der Waals surface area contributed by atoms with E-state index in [0.29, 0.717) is 30.4 Å². The van der Waals surface area contributed by atoms with E-state index in [9.17, 15) is 4.79 Å². The molecule has 22 heavy (non-hydrogen) atoms. The Hall–Kier alpha value is -2.34. The molecule has 1 aliphatic rings. The van der Waals surface area contributed by atoms with Crippen LogP contribution in [0.1, 0.15) is 21.1 Å². The van der Waals surface area contributed by atoms with Crippen LogP contribution in [0.5, 0.6) is 11.5 Å². The maximum Gasteiger partial charge on any atom is 0.195 e. The van der Waals surface area contributed by atoms with Crippen molar-refractivity contribution in [1.29, 1.82) is 0 Å². The molecular formula is C16H14N2O3S. The molecule has 1 aromatic carbocycles. The van der Waals surface area contributed by atoms with Gasteiger partial charge in [0.05, 0.1) is 0 Å². The van der Waals surface area contributed by atoms with Crippen LogP contribution in [0.25, 0.3) is 16.2 Å². The second-order valence-electron chi connectivity index (χ2n) is 5.18. The summed E-state index contributed by atoms with van der Waals surface area (Å²) in [6, 6.07) is 5.66. The summed E-state index contributed by atoms with van der Waals surface area (Å²) >= 11 is 1.59. The fourth-order valence-electron chi connectivity index (χ4n) is 2.68. The molecule has 0 spiro atoms. The lowest BCUT2D eigenvalue weighted by Gasteiger charge is -2.18. The normalized spacial score (nSPS) is 13.5. The number of nitrogens with zero attached hydrogens (tertiary/aromatic N) is 2. The Kier molecular flexibility index (Phi) is 2.94. The van der Waals surface area contributed by atoms with Crippen molar-refractivity contribution in [3.63, 3.8) is 0 Å². The van der Waals surface area contributed by atoms with Crippen LogP contribution in [0.4, 0.5) is 0 Å². The number of hydrogen-bond donors (Lipinski definition) is 0. The van der Waals surface area contributed by atoms with Gasteiger partial charge in [-0.05, 0) is 32.0 Å². The van der Waals surface area contributed by atoms with E-state index < -0.39 is 0 Å². The molecule has 6 heteroatoms. The van der Waals surface area contributed by atoms with Gasteiger partial charge in [0.1, 0.15) is 24.6 Å². The summed E-state index contributed by atoms with van der Waals surface area (Å²) in [5.74, 6) is 1.43. The molecule has 0 saturated carbocycles. The molecule has 112 valence electrons. The third-order valence-electron chi connectivity index (χ3n) is 3.90. The van der Waals surface area contributed by atoms with Crippen molar-refractivity contribution in [1.82, 2.24) is 9.38 Å². The van der Waals surface area contributed by atoms with E-state index in [1.165, 1.54) is 4.88 Å². The number of aromatic nitrogens is 2. The van der Waals surface area contributed by atoms with Gasteiger partial charge < -0.3 is 9.47 Å². The fraction of sp³-hybridized carbons (Fsp3) is 0.250. The molecule has 0 bridgehead atoms. The van der Waals surface area contributed by atoms with Gasteiger partial charge >= 0.3 is 0 Å². The van der Waals surface area contributed by atoms with Gasteiger partial charge in [-0.3, -0.25) is 9.20 Å². The highest BCUT2D eigenvalue weighted by Gasteiger charge is 2.20. The second kappa shape index (κ2) is 4.84. The van der Waals surface area contributed by atoms with Crippen molar-refractivity contribution in [2.24, 2.45) is 0 Å². The van der Waals surface area contributed by atoms with E-state index in [4.69, 9.17) is 9.47 Å². The van der Waals surface area contributed by atoms with Crippen LogP contribution < -0.4 is 9.47 Å². The fourth-order valence-corrected chi connectivity index (χ4v) is 3.66. The Balaban J connectivity index is 1.92. The zero-order valence-electron chi connectivity index (χ0n) is 12.3. The summed E-state index contributed by atoms with van der Waals surface area (Å²) < 4.78 is 13.1. The quantitative estimate of drug-likeness (QED) is 0.681. The largest absolute Gasteiger partial charge is 0.486 e. The van der Waals surface area contributed by atoms with Crippen LogP contribution in [0, 0.1) is 13.8 Å². The molecule has 1 aliphatic heterocycles. The summed E-state index contributed by atoms with van der Waals surface area (Å²) in [5, 5.41) is 0. The predicted molar refractivity (Wildman–Crippen MR) is 84.4 cm³/mol. The number of hydrogen-bond acceptors (Lipinski definition) is 5. The molecule has 2 aromatic heterocycles. The Labute approximate surface area is 131 Å². The molecule has 0 atom stereocenters. The first-order valence-corrected chi connectivity index (χ1v) is 7.84. The smallest absolute Gasteiger partial charge is 0.195 e. The number of thiazole rings is 1. The van der Waals surface area contributed by atoms with E-state index in [1.54, 1.807) is 11.3 Å². The van der Waals surface area contributed by atoms with Crippen molar-refractivity contribution >= 4 is 22.6 Å². The number of carbonyl (C=O) groups excluding carboxylic acids is 1. The van der Waals surface area contributed by atoms with Gasteiger partial charge in [-0.2, -0.15) is 0 Å². The lowest BCUT2D eigenvalue weighted by molar-refractivity contribution is 0.111. The van der Waals surface area contributed by atoms with Crippen molar-refractivity contribution in [3.05, 3.63) is 34.5 Å². The molecule has 0 N–H and O–H groups in total. The molecule has 0 amide bonds. The number of fused-ring (bicyclic) bond motifs is 2. The number of imidazole rings is 1. The van der Waals surface area contributed by atoms with Gasteiger partial charge in [-0.1, -0.05) is 0 Å². The molecule has 4 rings (SSSR count). The van der Waals surface area contributed by atoms with E-state index in [1.807, 2.05) is 36.4 Å². The summed E-state index contributed by atoms with van der Waals surface area (Å²) in [6.07, 6.45) is 0.866. The van der Waals surface area contributed by atoms with E-state index >= 15 is 0 Å². The molecule has 0 fully saturated rings. The van der Waals surface area contributed by atoms with E-state index in [-0.39, 0.29) is 0 Å². The van der Waals surface area contributed by atoms with Gasteiger partial charge in [0.15, 0.2) is 22.7 Å². The SMILES string of the molecule is Cc1sc2nc(-c3ccc4c(c3)OCCO4)c(C=O)n2c1C. The lowest BCUT2D eigenvalue weighted by atomic mass is 10.1. The topological polar surface area (TPSA) is 52.8 Å². The van der Waals surface area contributed by atoms with E-state index in [2.05, 4.69) is 4.98 Å². The monoisotopic (exact) mass is 314 g/mol.